The molecule has 0 saturated heterocycles. The van der Waals surface area contributed by atoms with E-state index in [1.807, 2.05) is 6.92 Å². The molecule has 0 aromatic heterocycles. The number of ether oxygens (including phenoxy) is 1. The SMILES string of the molecule is CCOC(=O)C(CCSc1cccc(C)c1)NC. The molecule has 1 aromatic rings. The second-order valence-corrected chi connectivity index (χ2v) is 5.22. The van der Waals surface area contributed by atoms with E-state index < -0.39 is 0 Å². The molecule has 0 aliphatic carbocycles. The molecular weight excluding hydrogens is 246 g/mol. The highest BCUT2D eigenvalue weighted by Crippen LogP contribution is 2.20. The van der Waals surface area contributed by atoms with Crippen LogP contribution in [-0.4, -0.2) is 31.4 Å². The average molecular weight is 267 g/mol. The maximum absolute atomic E-state index is 11.6. The van der Waals surface area contributed by atoms with Gasteiger partial charge in [-0.1, -0.05) is 17.7 Å². The quantitative estimate of drug-likeness (QED) is 0.609. The van der Waals surface area contributed by atoms with Gasteiger partial charge >= 0.3 is 5.97 Å². The van der Waals surface area contributed by atoms with Crippen LogP contribution < -0.4 is 5.32 Å². The van der Waals surface area contributed by atoms with Crippen LogP contribution in [0.15, 0.2) is 29.2 Å². The molecule has 1 N–H and O–H groups in total. The van der Waals surface area contributed by atoms with Gasteiger partial charge in [0.15, 0.2) is 0 Å². The molecule has 1 aromatic carbocycles. The van der Waals surface area contributed by atoms with Gasteiger partial charge in [-0.05, 0) is 39.4 Å². The van der Waals surface area contributed by atoms with Crippen molar-refractivity contribution in [1.29, 1.82) is 0 Å². The fraction of sp³-hybridized carbons (Fsp3) is 0.500. The van der Waals surface area contributed by atoms with Crippen LogP contribution in [0, 0.1) is 6.92 Å². The third-order valence-electron chi connectivity index (χ3n) is 2.58. The van der Waals surface area contributed by atoms with E-state index in [9.17, 15) is 4.79 Å². The van der Waals surface area contributed by atoms with Crippen LogP contribution in [0.3, 0.4) is 0 Å². The molecule has 0 spiro atoms. The van der Waals surface area contributed by atoms with Gasteiger partial charge in [0, 0.05) is 10.6 Å². The Bertz CT molecular complexity index is 382. The lowest BCUT2D eigenvalue weighted by Crippen LogP contribution is -2.36. The number of likely N-dealkylation sites (N-methyl/N-ethyl adjacent to an activating group) is 1. The van der Waals surface area contributed by atoms with Gasteiger partial charge in [0.25, 0.3) is 0 Å². The summed E-state index contributed by atoms with van der Waals surface area (Å²) < 4.78 is 5.01. The van der Waals surface area contributed by atoms with E-state index in [0.717, 1.165) is 12.2 Å². The van der Waals surface area contributed by atoms with Crippen LogP contribution in [0.1, 0.15) is 18.9 Å². The maximum atomic E-state index is 11.6. The molecule has 0 radical (unpaired) electrons. The van der Waals surface area contributed by atoms with Crippen molar-refractivity contribution in [3.05, 3.63) is 29.8 Å². The van der Waals surface area contributed by atoms with Crippen molar-refractivity contribution in [2.75, 3.05) is 19.4 Å². The fourth-order valence-corrected chi connectivity index (χ4v) is 2.66. The summed E-state index contributed by atoms with van der Waals surface area (Å²) in [5, 5.41) is 3.00. The third kappa shape index (κ3) is 5.10. The van der Waals surface area contributed by atoms with E-state index in [0.29, 0.717) is 6.61 Å². The van der Waals surface area contributed by atoms with Gasteiger partial charge in [-0.3, -0.25) is 4.79 Å². The smallest absolute Gasteiger partial charge is 0.323 e. The van der Waals surface area contributed by atoms with Crippen molar-refractivity contribution in [1.82, 2.24) is 5.32 Å². The van der Waals surface area contributed by atoms with E-state index >= 15 is 0 Å². The monoisotopic (exact) mass is 267 g/mol. The first-order valence-electron chi connectivity index (χ1n) is 6.20. The molecule has 1 atom stereocenters. The second-order valence-electron chi connectivity index (χ2n) is 4.05. The minimum atomic E-state index is -0.206. The van der Waals surface area contributed by atoms with Crippen LogP contribution >= 0.6 is 11.8 Å². The van der Waals surface area contributed by atoms with Gasteiger partial charge < -0.3 is 10.1 Å². The molecule has 3 nitrogen and oxygen atoms in total. The van der Waals surface area contributed by atoms with E-state index in [4.69, 9.17) is 4.74 Å². The highest BCUT2D eigenvalue weighted by molar-refractivity contribution is 7.99. The minimum Gasteiger partial charge on any atom is -0.465 e. The van der Waals surface area contributed by atoms with E-state index in [-0.39, 0.29) is 12.0 Å². The van der Waals surface area contributed by atoms with Crippen molar-refractivity contribution in [2.45, 2.75) is 31.2 Å². The molecule has 0 fully saturated rings. The number of hydrogen-bond donors (Lipinski definition) is 1. The Labute approximate surface area is 113 Å². The van der Waals surface area contributed by atoms with Gasteiger partial charge in [0.2, 0.25) is 0 Å². The Morgan fingerprint density at radius 1 is 1.50 bits per heavy atom. The number of esters is 1. The molecule has 0 amide bonds. The number of thioether (sulfide) groups is 1. The summed E-state index contributed by atoms with van der Waals surface area (Å²) in [5.41, 5.74) is 1.26. The van der Waals surface area contributed by atoms with Crippen molar-refractivity contribution in [3.63, 3.8) is 0 Å². The summed E-state index contributed by atoms with van der Waals surface area (Å²) in [6.07, 6.45) is 0.772. The molecule has 18 heavy (non-hydrogen) atoms. The Morgan fingerprint density at radius 3 is 2.89 bits per heavy atom. The molecule has 0 bridgehead atoms. The van der Waals surface area contributed by atoms with Crippen LogP contribution in [0.25, 0.3) is 0 Å². The molecule has 1 unspecified atom stereocenters. The average Bonchev–Trinajstić information content (AvgIpc) is 2.35. The van der Waals surface area contributed by atoms with Gasteiger partial charge in [0.05, 0.1) is 6.61 Å². The highest BCUT2D eigenvalue weighted by atomic mass is 32.2. The van der Waals surface area contributed by atoms with Crippen LogP contribution in [0.5, 0.6) is 0 Å². The molecule has 0 saturated carbocycles. The zero-order chi connectivity index (χ0) is 13.4. The summed E-state index contributed by atoms with van der Waals surface area (Å²) in [4.78, 5) is 12.8. The van der Waals surface area contributed by atoms with Crippen molar-refractivity contribution in [3.8, 4) is 0 Å². The Kier molecular flexibility index (Phi) is 6.83. The molecule has 100 valence electrons. The predicted octanol–water partition coefficient (Wildman–Crippen LogP) is 2.63. The summed E-state index contributed by atoms with van der Waals surface area (Å²) in [5.74, 6) is 0.734. The van der Waals surface area contributed by atoms with Gasteiger partial charge in [-0.2, -0.15) is 0 Å². The van der Waals surface area contributed by atoms with E-state index in [1.165, 1.54) is 10.5 Å². The summed E-state index contributed by atoms with van der Waals surface area (Å²) in [7, 11) is 1.79. The Hall–Kier alpha value is -1.00. The second kappa shape index (κ2) is 8.16. The first-order valence-corrected chi connectivity index (χ1v) is 7.19. The standard InChI is InChI=1S/C14H21NO2S/c1-4-17-14(16)13(15-3)8-9-18-12-7-5-6-11(2)10-12/h5-7,10,13,15H,4,8-9H2,1-3H3. The number of carbonyl (C=O) groups is 1. The topological polar surface area (TPSA) is 38.3 Å². The molecule has 0 heterocycles. The first kappa shape index (κ1) is 15.1. The van der Waals surface area contributed by atoms with E-state index in [2.05, 4.69) is 36.5 Å². The number of rotatable bonds is 7. The van der Waals surface area contributed by atoms with Crippen molar-refractivity contribution >= 4 is 17.7 Å². The Balaban J connectivity index is 2.37. The summed E-state index contributed by atoms with van der Waals surface area (Å²) in [6.45, 7) is 4.34. The van der Waals surface area contributed by atoms with Crippen LogP contribution in [0.2, 0.25) is 0 Å². The summed E-state index contributed by atoms with van der Waals surface area (Å²) >= 11 is 1.77. The Morgan fingerprint density at radius 2 is 2.28 bits per heavy atom. The highest BCUT2D eigenvalue weighted by Gasteiger charge is 2.16. The van der Waals surface area contributed by atoms with Gasteiger partial charge in [0.1, 0.15) is 6.04 Å². The normalized spacial score (nSPS) is 12.2. The van der Waals surface area contributed by atoms with Gasteiger partial charge in [-0.15, -0.1) is 11.8 Å². The zero-order valence-electron chi connectivity index (χ0n) is 11.2. The van der Waals surface area contributed by atoms with Crippen molar-refractivity contribution in [2.24, 2.45) is 0 Å². The van der Waals surface area contributed by atoms with Crippen LogP contribution in [-0.2, 0) is 9.53 Å². The maximum Gasteiger partial charge on any atom is 0.323 e. The number of carbonyl (C=O) groups excluding carboxylic acids is 1. The zero-order valence-corrected chi connectivity index (χ0v) is 12.0. The van der Waals surface area contributed by atoms with E-state index in [1.54, 1.807) is 18.8 Å². The first-order chi connectivity index (χ1) is 8.67. The predicted molar refractivity (Wildman–Crippen MR) is 76.0 cm³/mol. The van der Waals surface area contributed by atoms with Crippen molar-refractivity contribution < 1.29 is 9.53 Å². The third-order valence-corrected chi connectivity index (χ3v) is 3.61. The minimum absolute atomic E-state index is 0.162. The van der Waals surface area contributed by atoms with Crippen LogP contribution in [0.4, 0.5) is 0 Å². The van der Waals surface area contributed by atoms with Gasteiger partial charge in [-0.25, -0.2) is 0 Å². The molecule has 0 aliphatic rings. The fourth-order valence-electron chi connectivity index (χ4n) is 1.62. The lowest BCUT2D eigenvalue weighted by atomic mass is 10.2. The molecular formula is C14H21NO2S. The molecule has 4 heteroatoms. The molecule has 0 aliphatic heterocycles. The lowest BCUT2D eigenvalue weighted by Gasteiger charge is -2.14. The number of nitrogens with one attached hydrogen (secondary N) is 1. The lowest BCUT2D eigenvalue weighted by molar-refractivity contribution is -0.145. The number of benzene rings is 1. The largest absolute Gasteiger partial charge is 0.465 e. The summed E-state index contributed by atoms with van der Waals surface area (Å²) in [6, 6.07) is 8.18. The number of aryl methyl sites for hydroxylation is 1. The molecule has 1 rings (SSSR count). The number of hydrogen-bond acceptors (Lipinski definition) is 4.